The minimum Gasteiger partial charge on any atom is -0.353 e. The highest BCUT2D eigenvalue weighted by atomic mass is 79.9. The van der Waals surface area contributed by atoms with Crippen molar-refractivity contribution in [3.8, 4) is 0 Å². The van der Waals surface area contributed by atoms with E-state index >= 15 is 0 Å². The van der Waals surface area contributed by atoms with Crippen LogP contribution in [-0.4, -0.2) is 53.7 Å². The Kier molecular flexibility index (Phi) is 5.42. The summed E-state index contributed by atoms with van der Waals surface area (Å²) in [7, 11) is 0. The van der Waals surface area contributed by atoms with Crippen molar-refractivity contribution in [3.63, 3.8) is 0 Å². The van der Waals surface area contributed by atoms with Crippen LogP contribution in [0.25, 0.3) is 0 Å². The molecule has 2 aromatic rings. The van der Waals surface area contributed by atoms with Gasteiger partial charge in [-0.15, -0.1) is 10.2 Å². The molecule has 1 aromatic heterocycles. The lowest BCUT2D eigenvalue weighted by Crippen LogP contribution is -2.46. The van der Waals surface area contributed by atoms with E-state index in [1.165, 1.54) is 0 Å². The predicted octanol–water partition coefficient (Wildman–Crippen LogP) is 2.63. The van der Waals surface area contributed by atoms with E-state index in [0.29, 0.717) is 5.69 Å². The van der Waals surface area contributed by atoms with Crippen molar-refractivity contribution in [1.82, 2.24) is 15.1 Å². The maximum absolute atomic E-state index is 12.2. The monoisotopic (exact) mass is 389 g/mol. The second-order valence-electron chi connectivity index (χ2n) is 5.66. The number of amides is 1. The van der Waals surface area contributed by atoms with Gasteiger partial charge in [0.15, 0.2) is 11.5 Å². The Balaban J connectivity index is 1.63. The molecule has 0 saturated carbocycles. The topological polar surface area (TPSA) is 61.4 Å². The second-order valence-corrected chi connectivity index (χ2v) is 6.58. The largest absolute Gasteiger partial charge is 0.353 e. The molecule has 1 fully saturated rings. The molecular formula is C17H20BrN5O. The summed E-state index contributed by atoms with van der Waals surface area (Å²) in [5.41, 5.74) is 1.03. The van der Waals surface area contributed by atoms with Gasteiger partial charge in [0.2, 0.25) is 0 Å². The normalized spacial score (nSPS) is 15.3. The van der Waals surface area contributed by atoms with Crippen molar-refractivity contribution in [1.29, 1.82) is 0 Å². The van der Waals surface area contributed by atoms with Crippen molar-refractivity contribution >= 4 is 33.3 Å². The summed E-state index contributed by atoms with van der Waals surface area (Å²) in [5, 5.41) is 11.1. The van der Waals surface area contributed by atoms with Crippen molar-refractivity contribution in [2.24, 2.45) is 0 Å². The number of nitrogens with zero attached hydrogens (tertiary/aromatic N) is 4. The highest BCUT2D eigenvalue weighted by Gasteiger charge is 2.17. The number of piperazine rings is 1. The van der Waals surface area contributed by atoms with Gasteiger partial charge in [-0.05, 0) is 36.9 Å². The van der Waals surface area contributed by atoms with Gasteiger partial charge in [0.25, 0.3) is 5.91 Å². The molecule has 1 saturated heterocycles. The molecule has 0 bridgehead atoms. The van der Waals surface area contributed by atoms with Crippen LogP contribution >= 0.6 is 15.9 Å². The summed E-state index contributed by atoms with van der Waals surface area (Å²) >= 11 is 3.38. The summed E-state index contributed by atoms with van der Waals surface area (Å²) in [6.07, 6.45) is 0. The molecule has 1 aromatic carbocycles. The molecule has 126 valence electrons. The molecule has 0 aliphatic carbocycles. The maximum Gasteiger partial charge on any atom is 0.276 e. The molecular weight excluding hydrogens is 370 g/mol. The SMILES string of the molecule is CCN1CCN(c2ccc(C(=O)Nc3cccc(Br)c3)nn2)CC1. The molecule has 7 heteroatoms. The van der Waals surface area contributed by atoms with E-state index in [4.69, 9.17) is 0 Å². The van der Waals surface area contributed by atoms with E-state index in [-0.39, 0.29) is 5.91 Å². The summed E-state index contributed by atoms with van der Waals surface area (Å²) in [6, 6.07) is 11.0. The van der Waals surface area contributed by atoms with Crippen LogP contribution in [-0.2, 0) is 0 Å². The lowest BCUT2D eigenvalue weighted by Gasteiger charge is -2.34. The summed E-state index contributed by atoms with van der Waals surface area (Å²) in [4.78, 5) is 16.9. The fraction of sp³-hybridized carbons (Fsp3) is 0.353. The van der Waals surface area contributed by atoms with Crippen LogP contribution in [0, 0.1) is 0 Å². The number of halogens is 1. The molecule has 24 heavy (non-hydrogen) atoms. The highest BCUT2D eigenvalue weighted by molar-refractivity contribution is 9.10. The molecule has 1 amide bonds. The standard InChI is InChI=1S/C17H20BrN5O/c1-2-22-8-10-23(11-9-22)16-7-6-15(20-21-16)17(24)19-14-5-3-4-13(18)12-14/h3-7,12H,2,8-11H2,1H3,(H,19,24). The van der Waals surface area contributed by atoms with Gasteiger partial charge in [-0.3, -0.25) is 4.79 Å². The van der Waals surface area contributed by atoms with Gasteiger partial charge in [-0.1, -0.05) is 28.9 Å². The summed E-state index contributed by atoms with van der Waals surface area (Å²) in [5.74, 6) is 0.563. The molecule has 0 spiro atoms. The molecule has 0 unspecified atom stereocenters. The summed E-state index contributed by atoms with van der Waals surface area (Å²) in [6.45, 7) is 7.19. The molecule has 1 N–H and O–H groups in total. The number of nitrogens with one attached hydrogen (secondary N) is 1. The zero-order valence-corrected chi connectivity index (χ0v) is 15.2. The Morgan fingerprint density at radius 1 is 1.17 bits per heavy atom. The van der Waals surface area contributed by atoms with Gasteiger partial charge >= 0.3 is 0 Å². The molecule has 1 aliphatic heterocycles. The first-order valence-corrected chi connectivity index (χ1v) is 8.83. The third kappa shape index (κ3) is 4.10. The van der Waals surface area contributed by atoms with Gasteiger partial charge < -0.3 is 15.1 Å². The number of rotatable bonds is 4. The van der Waals surface area contributed by atoms with Crippen LogP contribution < -0.4 is 10.2 Å². The Labute approximate surface area is 150 Å². The van der Waals surface area contributed by atoms with E-state index in [9.17, 15) is 4.79 Å². The van der Waals surface area contributed by atoms with E-state index in [1.807, 2.05) is 30.3 Å². The van der Waals surface area contributed by atoms with E-state index < -0.39 is 0 Å². The van der Waals surface area contributed by atoms with Gasteiger partial charge in [0.1, 0.15) is 0 Å². The van der Waals surface area contributed by atoms with Gasteiger partial charge in [-0.2, -0.15) is 0 Å². The second kappa shape index (κ2) is 7.72. The van der Waals surface area contributed by atoms with Crippen LogP contribution in [0.4, 0.5) is 11.5 Å². The fourth-order valence-electron chi connectivity index (χ4n) is 2.67. The van der Waals surface area contributed by atoms with Crippen molar-refractivity contribution in [2.45, 2.75) is 6.92 Å². The average molecular weight is 390 g/mol. The van der Waals surface area contributed by atoms with E-state index in [2.05, 4.69) is 48.2 Å². The van der Waals surface area contributed by atoms with Crippen LogP contribution in [0.2, 0.25) is 0 Å². The van der Waals surface area contributed by atoms with Crippen molar-refractivity contribution < 1.29 is 4.79 Å². The zero-order chi connectivity index (χ0) is 16.9. The van der Waals surface area contributed by atoms with Crippen molar-refractivity contribution in [3.05, 3.63) is 46.6 Å². The van der Waals surface area contributed by atoms with E-state index in [0.717, 1.165) is 48.7 Å². The zero-order valence-electron chi connectivity index (χ0n) is 13.6. The smallest absolute Gasteiger partial charge is 0.276 e. The first-order valence-electron chi connectivity index (χ1n) is 8.03. The Bertz CT molecular complexity index is 698. The Morgan fingerprint density at radius 3 is 2.58 bits per heavy atom. The van der Waals surface area contributed by atoms with Gasteiger partial charge in [-0.25, -0.2) is 0 Å². The van der Waals surface area contributed by atoms with Crippen LogP contribution in [0.3, 0.4) is 0 Å². The number of carbonyl (C=O) groups excluding carboxylic acids is 1. The minimum atomic E-state index is -0.261. The maximum atomic E-state index is 12.2. The summed E-state index contributed by atoms with van der Waals surface area (Å²) < 4.78 is 0.910. The molecule has 0 radical (unpaired) electrons. The molecule has 0 atom stereocenters. The lowest BCUT2D eigenvalue weighted by atomic mass is 10.3. The number of aromatic nitrogens is 2. The third-order valence-electron chi connectivity index (χ3n) is 4.11. The fourth-order valence-corrected chi connectivity index (χ4v) is 3.07. The highest BCUT2D eigenvalue weighted by Crippen LogP contribution is 2.17. The Morgan fingerprint density at radius 2 is 1.96 bits per heavy atom. The van der Waals surface area contributed by atoms with Crippen LogP contribution in [0.5, 0.6) is 0 Å². The third-order valence-corrected chi connectivity index (χ3v) is 4.60. The van der Waals surface area contributed by atoms with Crippen molar-refractivity contribution in [2.75, 3.05) is 42.9 Å². The molecule has 3 rings (SSSR count). The van der Waals surface area contributed by atoms with E-state index in [1.54, 1.807) is 6.07 Å². The first-order chi connectivity index (χ1) is 11.7. The van der Waals surface area contributed by atoms with Gasteiger partial charge in [0, 0.05) is 36.3 Å². The number of anilines is 2. The molecule has 2 heterocycles. The first kappa shape index (κ1) is 16.9. The van der Waals surface area contributed by atoms with Gasteiger partial charge in [0.05, 0.1) is 0 Å². The minimum absolute atomic E-state index is 0.261. The lowest BCUT2D eigenvalue weighted by molar-refractivity contribution is 0.102. The predicted molar refractivity (Wildman–Crippen MR) is 98.5 cm³/mol. The number of benzene rings is 1. The van der Waals surface area contributed by atoms with Crippen LogP contribution in [0.1, 0.15) is 17.4 Å². The Hall–Kier alpha value is -1.99. The average Bonchev–Trinajstić information content (AvgIpc) is 2.62. The number of likely N-dealkylation sites (N-methyl/N-ethyl adjacent to an activating group) is 1. The number of hydrogen-bond acceptors (Lipinski definition) is 5. The molecule has 1 aliphatic rings. The number of carbonyl (C=O) groups is 1. The molecule has 6 nitrogen and oxygen atoms in total. The quantitative estimate of drug-likeness (QED) is 0.870. The number of hydrogen-bond donors (Lipinski definition) is 1. The van der Waals surface area contributed by atoms with Crippen LogP contribution in [0.15, 0.2) is 40.9 Å².